The average Bonchev–Trinajstić information content (AvgIpc) is 2.85. The molecule has 3 unspecified atom stereocenters. The van der Waals surface area contributed by atoms with Gasteiger partial charge in [-0.05, 0) is 45.6 Å². The van der Waals surface area contributed by atoms with Gasteiger partial charge in [-0.2, -0.15) is 0 Å². The Labute approximate surface area is 106 Å². The first-order chi connectivity index (χ1) is 8.31. The van der Waals surface area contributed by atoms with Gasteiger partial charge in [0.05, 0.1) is 12.2 Å². The van der Waals surface area contributed by atoms with Crippen molar-refractivity contribution in [3.63, 3.8) is 0 Å². The highest BCUT2D eigenvalue weighted by atomic mass is 16.5. The molecule has 102 valence electrons. The molecule has 17 heavy (non-hydrogen) atoms. The Hall–Kier alpha value is -0.120. The maximum Gasteiger partial charge on any atom is 0.0725 e. The van der Waals surface area contributed by atoms with Crippen molar-refractivity contribution in [1.82, 2.24) is 5.32 Å². The summed E-state index contributed by atoms with van der Waals surface area (Å²) in [5, 5.41) is 3.56. The molecule has 1 fully saturated rings. The van der Waals surface area contributed by atoms with Gasteiger partial charge in [-0.25, -0.2) is 0 Å². The van der Waals surface area contributed by atoms with Gasteiger partial charge in [-0.3, -0.25) is 0 Å². The molecule has 0 aromatic heterocycles. The summed E-state index contributed by atoms with van der Waals surface area (Å²) in [6, 6.07) is 0.481. The second kappa shape index (κ2) is 8.90. The van der Waals surface area contributed by atoms with E-state index in [1.807, 2.05) is 0 Å². The predicted molar refractivity (Wildman–Crippen MR) is 71.4 cm³/mol. The molecule has 1 N–H and O–H groups in total. The monoisotopic (exact) mass is 243 g/mol. The minimum Gasteiger partial charge on any atom is -0.378 e. The molecule has 0 aromatic carbocycles. The molecule has 1 heterocycles. The van der Waals surface area contributed by atoms with E-state index in [1.165, 1.54) is 19.3 Å². The molecule has 0 radical (unpaired) electrons. The fourth-order valence-electron chi connectivity index (χ4n) is 2.65. The molecular weight excluding hydrogens is 214 g/mol. The first kappa shape index (κ1) is 14.9. The Balaban J connectivity index is 2.34. The van der Waals surface area contributed by atoms with Crippen LogP contribution < -0.4 is 5.32 Å². The van der Waals surface area contributed by atoms with Crippen molar-refractivity contribution < 1.29 is 9.47 Å². The summed E-state index contributed by atoms with van der Waals surface area (Å²) in [5.74, 6) is 0. The number of hydrogen-bond donors (Lipinski definition) is 1. The third-order valence-corrected chi connectivity index (χ3v) is 3.52. The largest absolute Gasteiger partial charge is 0.378 e. The van der Waals surface area contributed by atoms with Gasteiger partial charge in [-0.15, -0.1) is 0 Å². The minimum atomic E-state index is 0.348. The van der Waals surface area contributed by atoms with Crippen molar-refractivity contribution in [2.45, 2.75) is 71.1 Å². The van der Waals surface area contributed by atoms with Crippen molar-refractivity contribution in [3.05, 3.63) is 0 Å². The van der Waals surface area contributed by atoms with E-state index in [0.717, 1.165) is 32.6 Å². The van der Waals surface area contributed by atoms with E-state index in [9.17, 15) is 0 Å². The van der Waals surface area contributed by atoms with E-state index in [2.05, 4.69) is 26.1 Å². The molecular formula is C14H29NO2. The minimum absolute atomic E-state index is 0.348. The number of rotatable bonds is 9. The van der Waals surface area contributed by atoms with Gasteiger partial charge in [0.1, 0.15) is 0 Å². The SMILES string of the molecule is CCNC(CCC1CCCO1)C(CC)OCC. The molecule has 0 aliphatic carbocycles. The standard InChI is InChI=1S/C14H29NO2/c1-4-14(16-6-3)13(15-5-2)10-9-12-8-7-11-17-12/h12-15H,4-11H2,1-3H3. The van der Waals surface area contributed by atoms with Crippen LogP contribution in [0, 0.1) is 0 Å². The number of likely N-dealkylation sites (N-methyl/N-ethyl adjacent to an activating group) is 1. The van der Waals surface area contributed by atoms with Gasteiger partial charge < -0.3 is 14.8 Å². The molecule has 3 nitrogen and oxygen atoms in total. The summed E-state index contributed by atoms with van der Waals surface area (Å²) in [6.45, 7) is 9.22. The van der Waals surface area contributed by atoms with Crippen LogP contribution in [0.2, 0.25) is 0 Å². The molecule has 1 saturated heterocycles. The van der Waals surface area contributed by atoms with Crippen LogP contribution in [0.3, 0.4) is 0 Å². The summed E-state index contributed by atoms with van der Waals surface area (Å²) < 4.78 is 11.5. The fourth-order valence-corrected chi connectivity index (χ4v) is 2.65. The van der Waals surface area contributed by atoms with Crippen molar-refractivity contribution in [2.24, 2.45) is 0 Å². The van der Waals surface area contributed by atoms with Crippen molar-refractivity contribution >= 4 is 0 Å². The highest BCUT2D eigenvalue weighted by Crippen LogP contribution is 2.19. The molecule has 3 heteroatoms. The van der Waals surface area contributed by atoms with Gasteiger partial charge in [0.25, 0.3) is 0 Å². The summed E-state index contributed by atoms with van der Waals surface area (Å²) >= 11 is 0. The van der Waals surface area contributed by atoms with Crippen LogP contribution in [0.25, 0.3) is 0 Å². The molecule has 3 atom stereocenters. The summed E-state index contributed by atoms with van der Waals surface area (Å²) in [4.78, 5) is 0. The molecule has 0 saturated carbocycles. The molecule has 0 amide bonds. The molecule has 0 spiro atoms. The summed E-state index contributed by atoms with van der Waals surface area (Å²) in [6.07, 6.45) is 6.73. The van der Waals surface area contributed by atoms with Crippen LogP contribution in [0.15, 0.2) is 0 Å². The lowest BCUT2D eigenvalue weighted by atomic mass is 10.00. The second-order valence-corrected chi connectivity index (χ2v) is 4.78. The molecule has 1 aliphatic rings. The van der Waals surface area contributed by atoms with Gasteiger partial charge in [0, 0.05) is 19.3 Å². The van der Waals surface area contributed by atoms with Gasteiger partial charge in [-0.1, -0.05) is 13.8 Å². The molecule has 0 aromatic rings. The van der Waals surface area contributed by atoms with Gasteiger partial charge in [0.15, 0.2) is 0 Å². The zero-order chi connectivity index (χ0) is 12.5. The average molecular weight is 243 g/mol. The Bertz CT molecular complexity index is 181. The van der Waals surface area contributed by atoms with E-state index in [1.54, 1.807) is 0 Å². The number of ether oxygens (including phenoxy) is 2. The topological polar surface area (TPSA) is 30.5 Å². The fraction of sp³-hybridized carbons (Fsp3) is 1.00. The van der Waals surface area contributed by atoms with Gasteiger partial charge >= 0.3 is 0 Å². The van der Waals surface area contributed by atoms with Crippen LogP contribution in [0.4, 0.5) is 0 Å². The maximum absolute atomic E-state index is 5.82. The van der Waals surface area contributed by atoms with E-state index < -0.39 is 0 Å². The first-order valence-corrected chi connectivity index (χ1v) is 7.28. The van der Waals surface area contributed by atoms with E-state index >= 15 is 0 Å². The number of nitrogens with one attached hydrogen (secondary N) is 1. The Morgan fingerprint density at radius 2 is 2.18 bits per heavy atom. The third kappa shape index (κ3) is 5.36. The second-order valence-electron chi connectivity index (χ2n) is 4.78. The van der Waals surface area contributed by atoms with E-state index in [-0.39, 0.29) is 0 Å². The van der Waals surface area contributed by atoms with Crippen molar-refractivity contribution in [1.29, 1.82) is 0 Å². The molecule has 1 rings (SSSR count). The van der Waals surface area contributed by atoms with Gasteiger partial charge in [0.2, 0.25) is 0 Å². The predicted octanol–water partition coefficient (Wildman–Crippen LogP) is 2.74. The Kier molecular flexibility index (Phi) is 7.82. The lowest BCUT2D eigenvalue weighted by molar-refractivity contribution is 0.0235. The first-order valence-electron chi connectivity index (χ1n) is 7.28. The van der Waals surface area contributed by atoms with Crippen LogP contribution in [-0.2, 0) is 9.47 Å². The third-order valence-electron chi connectivity index (χ3n) is 3.52. The normalized spacial score (nSPS) is 23.8. The highest BCUT2D eigenvalue weighted by Gasteiger charge is 2.22. The Morgan fingerprint density at radius 3 is 2.71 bits per heavy atom. The summed E-state index contributed by atoms with van der Waals surface area (Å²) in [7, 11) is 0. The maximum atomic E-state index is 5.82. The zero-order valence-electron chi connectivity index (χ0n) is 11.7. The van der Waals surface area contributed by atoms with Crippen molar-refractivity contribution in [2.75, 3.05) is 19.8 Å². The smallest absolute Gasteiger partial charge is 0.0725 e. The van der Waals surface area contributed by atoms with Crippen LogP contribution in [0.1, 0.15) is 52.9 Å². The Morgan fingerprint density at radius 1 is 1.35 bits per heavy atom. The van der Waals surface area contributed by atoms with E-state index in [4.69, 9.17) is 9.47 Å². The highest BCUT2D eigenvalue weighted by molar-refractivity contribution is 4.78. The summed E-state index contributed by atoms with van der Waals surface area (Å²) in [5.41, 5.74) is 0. The zero-order valence-corrected chi connectivity index (χ0v) is 11.7. The molecule has 1 aliphatic heterocycles. The van der Waals surface area contributed by atoms with Crippen molar-refractivity contribution in [3.8, 4) is 0 Å². The van der Waals surface area contributed by atoms with E-state index in [0.29, 0.717) is 18.2 Å². The lowest BCUT2D eigenvalue weighted by Crippen LogP contribution is -2.41. The number of hydrogen-bond acceptors (Lipinski definition) is 3. The van der Waals surface area contributed by atoms with Crippen LogP contribution in [-0.4, -0.2) is 38.0 Å². The lowest BCUT2D eigenvalue weighted by Gasteiger charge is -2.27. The van der Waals surface area contributed by atoms with Crippen LogP contribution >= 0.6 is 0 Å². The van der Waals surface area contributed by atoms with Crippen LogP contribution in [0.5, 0.6) is 0 Å². The molecule has 0 bridgehead atoms. The quantitative estimate of drug-likeness (QED) is 0.675.